The van der Waals surface area contributed by atoms with Crippen LogP contribution in [0.5, 0.6) is 0 Å². The Kier molecular flexibility index (Phi) is 2.15. The number of fused-ring (bicyclic) bond motifs is 1. The summed E-state index contributed by atoms with van der Waals surface area (Å²) in [6.45, 7) is 4.35. The fourth-order valence-corrected chi connectivity index (χ4v) is 1.59. The van der Waals surface area contributed by atoms with Crippen molar-refractivity contribution in [3.8, 4) is 0 Å². The minimum atomic E-state index is -0.138. The number of imidazole rings is 1. The molecular formula is C11H18N2O. The Morgan fingerprint density at radius 2 is 2.07 bits per heavy atom. The van der Waals surface area contributed by atoms with E-state index in [9.17, 15) is 4.79 Å². The zero-order valence-electron chi connectivity index (χ0n) is 8.42. The van der Waals surface area contributed by atoms with Crippen LogP contribution in [0.4, 0.5) is 0 Å². The van der Waals surface area contributed by atoms with Crippen molar-refractivity contribution in [2.75, 3.05) is 0 Å². The van der Waals surface area contributed by atoms with Crippen LogP contribution in [0.3, 0.4) is 0 Å². The first-order valence-electron chi connectivity index (χ1n) is 4.92. The van der Waals surface area contributed by atoms with Gasteiger partial charge in [-0.05, 0) is 30.0 Å². The summed E-state index contributed by atoms with van der Waals surface area (Å²) in [5, 5.41) is 0. The number of nitrogens with one attached hydrogen (secondary N) is 2. The minimum absolute atomic E-state index is 0. The molecule has 0 radical (unpaired) electrons. The minimum Gasteiger partial charge on any atom is -0.306 e. The van der Waals surface area contributed by atoms with Crippen molar-refractivity contribution < 1.29 is 2.85 Å². The van der Waals surface area contributed by atoms with Crippen molar-refractivity contribution >= 4 is 11.0 Å². The third-order valence-electron chi connectivity index (χ3n) is 2.72. The Labute approximate surface area is 85.1 Å². The van der Waals surface area contributed by atoms with E-state index < -0.39 is 0 Å². The summed E-state index contributed by atoms with van der Waals surface area (Å²) < 4.78 is 0. The number of aromatic amines is 2. The average Bonchev–Trinajstić information content (AvgIpc) is 2.55. The Morgan fingerprint density at radius 1 is 1.36 bits per heavy atom. The van der Waals surface area contributed by atoms with E-state index in [2.05, 4.69) is 29.9 Å². The van der Waals surface area contributed by atoms with E-state index in [0.29, 0.717) is 5.92 Å². The van der Waals surface area contributed by atoms with Crippen molar-refractivity contribution in [3.63, 3.8) is 0 Å². The number of hydrogen-bond donors (Lipinski definition) is 2. The van der Waals surface area contributed by atoms with Crippen molar-refractivity contribution in [3.05, 3.63) is 34.2 Å². The second-order valence-corrected chi connectivity index (χ2v) is 3.69. The van der Waals surface area contributed by atoms with Gasteiger partial charge in [0.05, 0.1) is 11.0 Å². The Balaban J connectivity index is 0.00000112. The molecule has 0 amide bonds. The van der Waals surface area contributed by atoms with Gasteiger partial charge in [-0.25, -0.2) is 4.79 Å². The quantitative estimate of drug-likeness (QED) is 0.758. The lowest BCUT2D eigenvalue weighted by atomic mass is 9.98. The van der Waals surface area contributed by atoms with Gasteiger partial charge in [-0.15, -0.1) is 0 Å². The molecule has 1 aromatic heterocycles. The molecule has 3 nitrogen and oxygen atoms in total. The van der Waals surface area contributed by atoms with Gasteiger partial charge in [0.15, 0.2) is 0 Å². The monoisotopic (exact) mass is 194 g/mol. The number of rotatable bonds is 2. The zero-order valence-corrected chi connectivity index (χ0v) is 8.42. The Hall–Kier alpha value is -1.51. The third kappa shape index (κ3) is 1.45. The van der Waals surface area contributed by atoms with Crippen molar-refractivity contribution in [1.29, 1.82) is 0 Å². The third-order valence-corrected chi connectivity index (χ3v) is 2.72. The summed E-state index contributed by atoms with van der Waals surface area (Å²) >= 11 is 0. The van der Waals surface area contributed by atoms with E-state index in [-0.39, 0.29) is 8.54 Å². The van der Waals surface area contributed by atoms with Crippen LogP contribution in [0, 0.1) is 0 Å². The maximum Gasteiger partial charge on any atom is 0.323 e. The summed E-state index contributed by atoms with van der Waals surface area (Å²) in [6, 6.07) is 6.07. The van der Waals surface area contributed by atoms with E-state index >= 15 is 0 Å². The van der Waals surface area contributed by atoms with Crippen LogP contribution in [0.15, 0.2) is 23.0 Å². The summed E-state index contributed by atoms with van der Waals surface area (Å²) in [5.74, 6) is 0.540. The van der Waals surface area contributed by atoms with Gasteiger partial charge in [-0.3, -0.25) is 0 Å². The highest BCUT2D eigenvalue weighted by Gasteiger charge is 2.04. The summed E-state index contributed by atoms with van der Waals surface area (Å²) in [4.78, 5) is 16.5. The van der Waals surface area contributed by atoms with Crippen LogP contribution >= 0.6 is 0 Å². The van der Waals surface area contributed by atoms with Crippen LogP contribution in [-0.2, 0) is 0 Å². The highest BCUT2D eigenvalue weighted by Crippen LogP contribution is 2.20. The van der Waals surface area contributed by atoms with Crippen LogP contribution in [-0.4, -0.2) is 9.97 Å². The van der Waals surface area contributed by atoms with E-state index in [1.165, 1.54) is 5.56 Å². The maximum atomic E-state index is 11.0. The lowest BCUT2D eigenvalue weighted by Crippen LogP contribution is -1.99. The topological polar surface area (TPSA) is 48.6 Å². The number of benzene rings is 1. The molecule has 14 heavy (non-hydrogen) atoms. The molecule has 1 unspecified atom stereocenters. The van der Waals surface area contributed by atoms with E-state index in [0.717, 1.165) is 17.5 Å². The van der Waals surface area contributed by atoms with Gasteiger partial charge in [0.1, 0.15) is 0 Å². The molecule has 0 fully saturated rings. The lowest BCUT2D eigenvalue weighted by Gasteiger charge is -2.07. The van der Waals surface area contributed by atoms with Crippen LogP contribution in [0.25, 0.3) is 11.0 Å². The maximum absolute atomic E-state index is 11.0. The highest BCUT2D eigenvalue weighted by molar-refractivity contribution is 5.75. The SMILES string of the molecule is CCC(C)c1ccc2[nH]c(=O)[nH]c2c1.[HH].[HH]. The van der Waals surface area contributed by atoms with Gasteiger partial charge in [-0.2, -0.15) is 0 Å². The fraction of sp³-hybridized carbons (Fsp3) is 0.364. The van der Waals surface area contributed by atoms with Gasteiger partial charge < -0.3 is 9.97 Å². The van der Waals surface area contributed by atoms with Crippen molar-refractivity contribution in [2.24, 2.45) is 0 Å². The Morgan fingerprint density at radius 3 is 2.79 bits per heavy atom. The van der Waals surface area contributed by atoms with Crippen LogP contribution in [0.2, 0.25) is 0 Å². The molecule has 2 N–H and O–H groups in total. The molecule has 0 aliphatic heterocycles. The molecule has 0 aliphatic rings. The molecule has 0 aliphatic carbocycles. The summed E-state index contributed by atoms with van der Waals surface area (Å²) in [7, 11) is 0. The number of hydrogen-bond acceptors (Lipinski definition) is 1. The lowest BCUT2D eigenvalue weighted by molar-refractivity contribution is 0.734. The summed E-state index contributed by atoms with van der Waals surface area (Å²) in [6.07, 6.45) is 1.11. The molecule has 2 aromatic rings. The van der Waals surface area contributed by atoms with Crippen molar-refractivity contribution in [1.82, 2.24) is 9.97 Å². The second kappa shape index (κ2) is 3.33. The van der Waals surface area contributed by atoms with Crippen molar-refractivity contribution in [2.45, 2.75) is 26.2 Å². The first-order valence-corrected chi connectivity index (χ1v) is 4.92. The predicted octanol–water partition coefficient (Wildman–Crippen LogP) is 2.86. The first kappa shape index (κ1) is 9.06. The van der Waals surface area contributed by atoms with E-state index in [1.807, 2.05) is 12.1 Å². The standard InChI is InChI=1S/C11H14N2O.2H2/c1-3-7(2)8-4-5-9-10(6-8)13-11(14)12-9;;/h4-7H,3H2,1-2H3,(H2,12,13,14);2*1H. The van der Waals surface area contributed by atoms with E-state index in [1.54, 1.807) is 0 Å². The zero-order chi connectivity index (χ0) is 10.1. The first-order chi connectivity index (χ1) is 6.70. The molecule has 0 spiro atoms. The fourth-order valence-electron chi connectivity index (χ4n) is 1.59. The normalized spacial score (nSPS) is 13.3. The molecule has 1 heterocycles. The average molecular weight is 194 g/mol. The number of H-pyrrole nitrogens is 2. The largest absolute Gasteiger partial charge is 0.323 e. The molecule has 1 aromatic carbocycles. The van der Waals surface area contributed by atoms with Gasteiger partial charge in [0.2, 0.25) is 0 Å². The molecular weight excluding hydrogens is 176 g/mol. The van der Waals surface area contributed by atoms with Crippen LogP contribution < -0.4 is 5.69 Å². The second-order valence-electron chi connectivity index (χ2n) is 3.69. The molecule has 78 valence electrons. The Bertz CT molecular complexity index is 504. The molecule has 0 saturated carbocycles. The number of aromatic nitrogens is 2. The van der Waals surface area contributed by atoms with Gasteiger partial charge >= 0.3 is 5.69 Å². The summed E-state index contributed by atoms with van der Waals surface area (Å²) in [5.41, 5.74) is 2.91. The smallest absolute Gasteiger partial charge is 0.306 e. The molecule has 2 rings (SSSR count). The van der Waals surface area contributed by atoms with Crippen LogP contribution in [0.1, 0.15) is 34.6 Å². The molecule has 1 atom stereocenters. The highest BCUT2D eigenvalue weighted by atomic mass is 16.1. The molecule has 0 saturated heterocycles. The van der Waals surface area contributed by atoms with E-state index in [4.69, 9.17) is 0 Å². The predicted molar refractivity (Wildman–Crippen MR) is 61.9 cm³/mol. The van der Waals surface area contributed by atoms with Gasteiger partial charge in [0, 0.05) is 2.85 Å². The van der Waals surface area contributed by atoms with Gasteiger partial charge in [0.25, 0.3) is 0 Å². The van der Waals surface area contributed by atoms with Gasteiger partial charge in [-0.1, -0.05) is 19.9 Å². The molecule has 3 heteroatoms. The molecule has 0 bridgehead atoms.